The number of carbonyl (C=O) groups is 2. The number of alkyl halides is 3. The highest BCUT2D eigenvalue weighted by molar-refractivity contribution is 5.73. The molecule has 0 saturated carbocycles. The minimum absolute atomic E-state index is 0.134. The lowest BCUT2D eigenvalue weighted by Crippen LogP contribution is -2.58. The molecule has 2 aliphatic heterocycles. The molecule has 11 heteroatoms. The van der Waals surface area contributed by atoms with E-state index in [9.17, 15) is 22.4 Å². The Balaban J connectivity index is 0.000000383. The number of aromatic nitrogens is 2. The summed E-state index contributed by atoms with van der Waals surface area (Å²) in [5, 5.41) is 7.12. The molecule has 1 spiro atoms. The first kappa shape index (κ1) is 24.7. The molecule has 1 aromatic heterocycles. The van der Waals surface area contributed by atoms with Crippen molar-refractivity contribution in [2.24, 2.45) is 0 Å². The van der Waals surface area contributed by atoms with Crippen molar-refractivity contribution < 1.29 is 32.3 Å². The highest BCUT2D eigenvalue weighted by Gasteiger charge is 2.47. The average Bonchev–Trinajstić information content (AvgIpc) is 3.19. The molecule has 4 rings (SSSR count). The molecular weight excluding hydrogens is 444 g/mol. The van der Waals surface area contributed by atoms with E-state index in [1.54, 1.807) is 19.1 Å². The van der Waals surface area contributed by atoms with Gasteiger partial charge in [0.25, 0.3) is 0 Å². The minimum atomic E-state index is -5.08. The molecule has 2 aliphatic rings. The predicted molar refractivity (Wildman–Crippen MR) is 112 cm³/mol. The Morgan fingerprint density at radius 2 is 1.79 bits per heavy atom. The molecular formula is C22H26F4N4O3. The third kappa shape index (κ3) is 5.02. The fourth-order valence-electron chi connectivity index (χ4n) is 4.62. The number of aliphatic carboxylic acids is 1. The van der Waals surface area contributed by atoms with E-state index in [-0.39, 0.29) is 17.3 Å². The van der Waals surface area contributed by atoms with Crippen molar-refractivity contribution in [2.45, 2.75) is 44.9 Å². The van der Waals surface area contributed by atoms with Gasteiger partial charge in [-0.15, -0.1) is 0 Å². The molecule has 1 aromatic carbocycles. The number of nitrogens with zero attached hydrogens (tertiary/aromatic N) is 4. The van der Waals surface area contributed by atoms with Gasteiger partial charge < -0.3 is 14.6 Å². The van der Waals surface area contributed by atoms with Crippen LogP contribution in [-0.2, 0) is 21.7 Å². The summed E-state index contributed by atoms with van der Waals surface area (Å²) in [5.41, 5.74) is 1.71. The second-order valence-electron chi connectivity index (χ2n) is 8.05. The van der Waals surface area contributed by atoms with Crippen LogP contribution in [0.2, 0.25) is 0 Å². The smallest absolute Gasteiger partial charge is 0.475 e. The Morgan fingerprint density at radius 3 is 2.30 bits per heavy atom. The van der Waals surface area contributed by atoms with Gasteiger partial charge in [0.05, 0.1) is 17.4 Å². The number of carbonyl (C=O) groups excluding carboxylic acids is 1. The third-order valence-electron chi connectivity index (χ3n) is 6.25. The van der Waals surface area contributed by atoms with Crippen LogP contribution in [0.25, 0.3) is 11.3 Å². The van der Waals surface area contributed by atoms with E-state index in [1.807, 2.05) is 17.2 Å². The Labute approximate surface area is 188 Å². The van der Waals surface area contributed by atoms with Crippen LogP contribution in [0.1, 0.15) is 32.5 Å². The highest BCUT2D eigenvalue weighted by Crippen LogP contribution is 2.42. The van der Waals surface area contributed by atoms with Gasteiger partial charge >= 0.3 is 12.1 Å². The van der Waals surface area contributed by atoms with Gasteiger partial charge in [-0.05, 0) is 31.5 Å². The Bertz CT molecular complexity index is 1010. The highest BCUT2D eigenvalue weighted by atomic mass is 19.4. The number of hydrogen-bond acceptors (Lipinski definition) is 4. The van der Waals surface area contributed by atoms with Crippen LogP contribution in [0.4, 0.5) is 17.6 Å². The van der Waals surface area contributed by atoms with E-state index in [4.69, 9.17) is 14.9 Å². The number of halogens is 4. The summed E-state index contributed by atoms with van der Waals surface area (Å²) in [6.45, 7) is 8.10. The van der Waals surface area contributed by atoms with Gasteiger partial charge in [-0.3, -0.25) is 9.69 Å². The molecule has 0 bridgehead atoms. The molecule has 33 heavy (non-hydrogen) atoms. The van der Waals surface area contributed by atoms with E-state index in [2.05, 4.69) is 16.4 Å². The van der Waals surface area contributed by atoms with Gasteiger partial charge in [0.1, 0.15) is 11.6 Å². The number of carboxylic acids is 1. The molecule has 2 aromatic rings. The van der Waals surface area contributed by atoms with Crippen molar-refractivity contribution in [1.29, 1.82) is 0 Å². The number of likely N-dealkylation sites (N-methyl/N-ethyl adjacent to an activating group) is 1. The second-order valence-corrected chi connectivity index (χ2v) is 8.05. The number of fused-ring (bicyclic) bond motifs is 2. The van der Waals surface area contributed by atoms with Crippen molar-refractivity contribution in [2.75, 3.05) is 26.2 Å². The molecule has 0 atom stereocenters. The zero-order valence-electron chi connectivity index (χ0n) is 18.4. The van der Waals surface area contributed by atoms with E-state index in [0.717, 1.165) is 62.6 Å². The number of likely N-dealkylation sites (tertiary alicyclic amines) is 1. The fraction of sp³-hybridized carbons (Fsp3) is 0.500. The zero-order chi connectivity index (χ0) is 24.4. The lowest BCUT2D eigenvalue weighted by atomic mass is 9.83. The Hall–Kier alpha value is -2.95. The maximum absolute atomic E-state index is 13.7. The van der Waals surface area contributed by atoms with Crippen LogP contribution in [0.15, 0.2) is 30.5 Å². The molecule has 1 N–H and O–H groups in total. The van der Waals surface area contributed by atoms with Gasteiger partial charge in [0.15, 0.2) is 0 Å². The van der Waals surface area contributed by atoms with E-state index >= 15 is 0 Å². The lowest BCUT2D eigenvalue weighted by molar-refractivity contribution is -0.192. The Morgan fingerprint density at radius 1 is 1.15 bits per heavy atom. The number of hydrogen-bond donors (Lipinski definition) is 1. The van der Waals surface area contributed by atoms with Crippen molar-refractivity contribution in [3.8, 4) is 11.3 Å². The van der Waals surface area contributed by atoms with E-state index < -0.39 is 12.1 Å². The average molecular weight is 470 g/mol. The summed E-state index contributed by atoms with van der Waals surface area (Å²) in [7, 11) is 0. The van der Waals surface area contributed by atoms with Crippen molar-refractivity contribution >= 4 is 11.9 Å². The Kier molecular flexibility index (Phi) is 7.11. The second kappa shape index (κ2) is 9.50. The third-order valence-corrected chi connectivity index (χ3v) is 6.25. The van der Waals surface area contributed by atoms with E-state index in [0.29, 0.717) is 0 Å². The number of carboxylic acid groups (broad SMARTS) is 1. The van der Waals surface area contributed by atoms with Crippen molar-refractivity contribution in [1.82, 2.24) is 19.4 Å². The van der Waals surface area contributed by atoms with Gasteiger partial charge in [-0.1, -0.05) is 19.1 Å². The van der Waals surface area contributed by atoms with Gasteiger partial charge in [0, 0.05) is 38.7 Å². The number of benzene rings is 1. The molecule has 0 unspecified atom stereocenters. The molecule has 1 fully saturated rings. The van der Waals surface area contributed by atoms with E-state index in [1.165, 1.54) is 6.07 Å². The fourth-order valence-corrected chi connectivity index (χ4v) is 4.62. The van der Waals surface area contributed by atoms with Crippen LogP contribution in [-0.4, -0.2) is 68.7 Å². The summed E-state index contributed by atoms with van der Waals surface area (Å²) in [6.07, 6.45) is -1.43. The first-order valence-corrected chi connectivity index (χ1v) is 10.6. The lowest BCUT2D eigenvalue weighted by Gasteiger charge is -2.50. The topological polar surface area (TPSA) is 78.7 Å². The molecule has 1 saturated heterocycles. The van der Waals surface area contributed by atoms with Crippen molar-refractivity contribution in [3.05, 3.63) is 42.1 Å². The summed E-state index contributed by atoms with van der Waals surface area (Å²) in [4.78, 5) is 29.9. The van der Waals surface area contributed by atoms with Crippen LogP contribution < -0.4 is 0 Å². The van der Waals surface area contributed by atoms with Crippen LogP contribution in [0.3, 0.4) is 0 Å². The summed E-state index contributed by atoms with van der Waals surface area (Å²) in [6, 6.07) is 6.72. The quantitative estimate of drug-likeness (QED) is 0.680. The van der Waals surface area contributed by atoms with Gasteiger partial charge in [0.2, 0.25) is 5.91 Å². The molecule has 0 radical (unpaired) electrons. The largest absolute Gasteiger partial charge is 0.490 e. The molecule has 0 aliphatic carbocycles. The number of rotatable bonds is 2. The first-order chi connectivity index (χ1) is 15.5. The number of piperidine rings is 1. The van der Waals surface area contributed by atoms with Crippen LogP contribution in [0.5, 0.6) is 0 Å². The van der Waals surface area contributed by atoms with Crippen LogP contribution in [0, 0.1) is 5.82 Å². The standard InChI is InChI=1S/C20H25FN4O.C2HF3O2/c1-3-24-11-12-25-18(16-5-4-6-17(21)13-16)14-22-19(25)20(24)7-9-23(10-8-20)15(2)26;3-2(4,5)1(6)7/h4-6,13-14H,3,7-12H2,1-2H3;(H,6,7). The maximum atomic E-state index is 13.7. The molecule has 180 valence electrons. The van der Waals surface area contributed by atoms with Gasteiger partial charge in [-0.2, -0.15) is 13.2 Å². The van der Waals surface area contributed by atoms with Gasteiger partial charge in [-0.25, -0.2) is 14.2 Å². The summed E-state index contributed by atoms with van der Waals surface area (Å²) in [5.74, 6) is -1.78. The zero-order valence-corrected chi connectivity index (χ0v) is 18.4. The predicted octanol–water partition coefficient (Wildman–Crippen LogP) is 3.50. The first-order valence-electron chi connectivity index (χ1n) is 10.6. The van der Waals surface area contributed by atoms with Crippen LogP contribution >= 0.6 is 0 Å². The minimum Gasteiger partial charge on any atom is -0.475 e. The summed E-state index contributed by atoms with van der Waals surface area (Å²) >= 11 is 0. The SMILES string of the molecule is CCN1CCn2c(-c3cccc(F)c3)cnc2C12CCN(C(C)=O)CC2.O=C(O)C(F)(F)F. The molecule has 7 nitrogen and oxygen atoms in total. The molecule has 1 amide bonds. The maximum Gasteiger partial charge on any atom is 0.490 e. The molecule has 3 heterocycles. The monoisotopic (exact) mass is 470 g/mol. The normalized spacial score (nSPS) is 17.8. The number of imidazole rings is 1. The summed E-state index contributed by atoms with van der Waals surface area (Å²) < 4.78 is 47.7. The van der Waals surface area contributed by atoms with Crippen molar-refractivity contribution in [3.63, 3.8) is 0 Å². The number of amides is 1.